The first-order valence-corrected chi connectivity index (χ1v) is 5.75. The van der Waals surface area contributed by atoms with Crippen LogP contribution in [0.1, 0.15) is 12.5 Å². The molecule has 0 saturated carbocycles. The summed E-state index contributed by atoms with van der Waals surface area (Å²) in [7, 11) is 0. The third kappa shape index (κ3) is 5.45. The third-order valence-corrected chi connectivity index (χ3v) is 2.42. The van der Waals surface area contributed by atoms with E-state index in [0.717, 1.165) is 5.56 Å². The highest BCUT2D eigenvalue weighted by molar-refractivity contribution is 5.75. The Morgan fingerprint density at radius 2 is 2.00 bits per heavy atom. The Hall–Kier alpha value is -1.88. The van der Waals surface area contributed by atoms with Crippen LogP contribution in [0.15, 0.2) is 30.3 Å². The fraction of sp³-hybridized carbons (Fsp3) is 0.385. The molecule has 0 unspecified atom stereocenters. The van der Waals surface area contributed by atoms with E-state index in [1.54, 1.807) is 0 Å². The van der Waals surface area contributed by atoms with E-state index < -0.39 is 18.0 Å². The molecule has 0 bridgehead atoms. The largest absolute Gasteiger partial charge is 0.480 e. The molecule has 5 nitrogen and oxygen atoms in total. The second kappa shape index (κ2) is 7.45. The maximum atomic E-state index is 11.3. The number of carbonyl (C=O) groups excluding carboxylic acids is 1. The number of benzene rings is 1. The van der Waals surface area contributed by atoms with Crippen LogP contribution in [-0.2, 0) is 20.7 Å². The van der Waals surface area contributed by atoms with E-state index in [9.17, 15) is 9.59 Å². The van der Waals surface area contributed by atoms with Gasteiger partial charge in [0.15, 0.2) is 0 Å². The van der Waals surface area contributed by atoms with Crippen molar-refractivity contribution in [3.63, 3.8) is 0 Å². The maximum Gasteiger partial charge on any atom is 0.320 e. The molecule has 1 atom stereocenters. The minimum atomic E-state index is -0.993. The van der Waals surface area contributed by atoms with Crippen molar-refractivity contribution in [2.75, 3.05) is 13.2 Å². The molecule has 18 heavy (non-hydrogen) atoms. The van der Waals surface area contributed by atoms with Crippen molar-refractivity contribution in [1.29, 1.82) is 0 Å². The van der Waals surface area contributed by atoms with Gasteiger partial charge in [0.25, 0.3) is 0 Å². The van der Waals surface area contributed by atoms with Gasteiger partial charge >= 0.3 is 11.9 Å². The number of nitrogens with one attached hydrogen (secondary N) is 1. The second-order valence-electron chi connectivity index (χ2n) is 3.90. The zero-order valence-corrected chi connectivity index (χ0v) is 10.3. The van der Waals surface area contributed by atoms with Gasteiger partial charge in [0.2, 0.25) is 0 Å². The smallest absolute Gasteiger partial charge is 0.320 e. The number of carboxylic acid groups (broad SMARTS) is 1. The van der Waals surface area contributed by atoms with Gasteiger partial charge in [-0.1, -0.05) is 30.3 Å². The van der Waals surface area contributed by atoms with Crippen molar-refractivity contribution in [2.45, 2.75) is 19.4 Å². The Balaban J connectivity index is 2.16. The number of carbonyl (C=O) groups is 2. The van der Waals surface area contributed by atoms with E-state index in [1.165, 1.54) is 6.92 Å². The molecule has 5 heteroatoms. The Morgan fingerprint density at radius 1 is 1.33 bits per heavy atom. The van der Waals surface area contributed by atoms with Gasteiger partial charge in [-0.25, -0.2) is 0 Å². The first-order valence-electron chi connectivity index (χ1n) is 5.75. The molecule has 2 N–H and O–H groups in total. The van der Waals surface area contributed by atoms with Crippen LogP contribution < -0.4 is 5.32 Å². The highest BCUT2D eigenvalue weighted by Crippen LogP contribution is 1.99. The Morgan fingerprint density at radius 3 is 2.61 bits per heavy atom. The monoisotopic (exact) mass is 251 g/mol. The van der Waals surface area contributed by atoms with E-state index in [-0.39, 0.29) is 6.54 Å². The van der Waals surface area contributed by atoms with Crippen LogP contribution in [0, 0.1) is 0 Å². The Labute approximate surface area is 106 Å². The summed E-state index contributed by atoms with van der Waals surface area (Å²) in [5.74, 6) is -1.44. The summed E-state index contributed by atoms with van der Waals surface area (Å²) < 4.78 is 4.98. The van der Waals surface area contributed by atoms with E-state index in [0.29, 0.717) is 13.0 Å². The number of hydrogen-bond acceptors (Lipinski definition) is 4. The van der Waals surface area contributed by atoms with Crippen LogP contribution in [0.25, 0.3) is 0 Å². The predicted octanol–water partition coefficient (Wildman–Crippen LogP) is 0.835. The lowest BCUT2D eigenvalue weighted by Gasteiger charge is -2.09. The highest BCUT2D eigenvalue weighted by Gasteiger charge is 2.12. The topological polar surface area (TPSA) is 75.6 Å². The van der Waals surface area contributed by atoms with E-state index in [4.69, 9.17) is 9.84 Å². The van der Waals surface area contributed by atoms with Crippen LogP contribution in [0.4, 0.5) is 0 Å². The number of rotatable bonds is 7. The summed E-state index contributed by atoms with van der Waals surface area (Å²) in [6.07, 6.45) is 0.654. The Kier molecular flexibility index (Phi) is 5.87. The molecule has 0 aromatic heterocycles. The lowest BCUT2D eigenvalue weighted by Crippen LogP contribution is -2.37. The first-order chi connectivity index (χ1) is 8.59. The number of aliphatic carboxylic acids is 1. The molecular weight excluding hydrogens is 234 g/mol. The first kappa shape index (κ1) is 14.2. The Bertz CT molecular complexity index is 391. The van der Waals surface area contributed by atoms with Crippen molar-refractivity contribution in [3.8, 4) is 0 Å². The van der Waals surface area contributed by atoms with E-state index >= 15 is 0 Å². The molecule has 0 heterocycles. The molecule has 0 aliphatic rings. The standard InChI is InChI=1S/C13H17NO4/c1-10(13(16)17)14-9-12(15)18-8-7-11-5-3-2-4-6-11/h2-6,10,14H,7-9H2,1H3,(H,16,17)/t10-/m1/s1. The summed E-state index contributed by atoms with van der Waals surface area (Å²) in [4.78, 5) is 21.8. The quantitative estimate of drug-likeness (QED) is 0.702. The zero-order valence-electron chi connectivity index (χ0n) is 10.3. The van der Waals surface area contributed by atoms with Crippen molar-refractivity contribution < 1.29 is 19.4 Å². The molecule has 0 amide bonds. The number of carboxylic acids is 1. The lowest BCUT2D eigenvalue weighted by atomic mass is 10.2. The lowest BCUT2D eigenvalue weighted by molar-refractivity contribution is -0.143. The van der Waals surface area contributed by atoms with Crippen LogP contribution in [0.2, 0.25) is 0 Å². The SMILES string of the molecule is C[C@@H](NCC(=O)OCCc1ccccc1)C(=O)O. The van der Waals surface area contributed by atoms with Crippen LogP contribution in [0.3, 0.4) is 0 Å². The number of hydrogen-bond donors (Lipinski definition) is 2. The van der Waals surface area contributed by atoms with Crippen LogP contribution in [-0.4, -0.2) is 36.2 Å². The second-order valence-corrected chi connectivity index (χ2v) is 3.90. The van der Waals surface area contributed by atoms with Crippen molar-refractivity contribution in [2.24, 2.45) is 0 Å². The molecule has 1 aromatic carbocycles. The summed E-state index contributed by atoms with van der Waals surface area (Å²) >= 11 is 0. The molecule has 1 rings (SSSR count). The van der Waals surface area contributed by atoms with E-state index in [2.05, 4.69) is 5.32 Å². The molecule has 0 spiro atoms. The normalized spacial score (nSPS) is 11.8. The zero-order chi connectivity index (χ0) is 13.4. The molecule has 0 aliphatic carbocycles. The van der Waals surface area contributed by atoms with Crippen molar-refractivity contribution in [3.05, 3.63) is 35.9 Å². The molecule has 98 valence electrons. The minimum absolute atomic E-state index is 0.0950. The van der Waals surface area contributed by atoms with Gasteiger partial charge in [-0.15, -0.1) is 0 Å². The van der Waals surface area contributed by atoms with Gasteiger partial charge in [-0.2, -0.15) is 0 Å². The minimum Gasteiger partial charge on any atom is -0.480 e. The third-order valence-electron chi connectivity index (χ3n) is 2.42. The fourth-order valence-electron chi connectivity index (χ4n) is 1.30. The van der Waals surface area contributed by atoms with Gasteiger partial charge in [0, 0.05) is 6.42 Å². The van der Waals surface area contributed by atoms with Crippen LogP contribution >= 0.6 is 0 Å². The summed E-state index contributed by atoms with van der Waals surface area (Å²) in [5.41, 5.74) is 1.09. The number of esters is 1. The van der Waals surface area contributed by atoms with Gasteiger partial charge < -0.3 is 9.84 Å². The van der Waals surface area contributed by atoms with Crippen LogP contribution in [0.5, 0.6) is 0 Å². The molecule has 0 radical (unpaired) electrons. The summed E-state index contributed by atoms with van der Waals surface area (Å²) in [6.45, 7) is 1.67. The fourth-order valence-corrected chi connectivity index (χ4v) is 1.30. The van der Waals surface area contributed by atoms with Gasteiger partial charge in [-0.3, -0.25) is 14.9 Å². The molecule has 0 aliphatic heterocycles. The van der Waals surface area contributed by atoms with Gasteiger partial charge in [0.1, 0.15) is 6.04 Å². The summed E-state index contributed by atoms with van der Waals surface area (Å²) in [6, 6.07) is 8.93. The number of ether oxygens (including phenoxy) is 1. The molecule has 0 fully saturated rings. The molecule has 0 saturated heterocycles. The van der Waals surface area contributed by atoms with Crippen molar-refractivity contribution >= 4 is 11.9 Å². The average molecular weight is 251 g/mol. The predicted molar refractivity (Wildman–Crippen MR) is 66.2 cm³/mol. The van der Waals surface area contributed by atoms with E-state index in [1.807, 2.05) is 30.3 Å². The highest BCUT2D eigenvalue weighted by atomic mass is 16.5. The van der Waals surface area contributed by atoms with Gasteiger partial charge in [0.05, 0.1) is 13.2 Å². The maximum absolute atomic E-state index is 11.3. The average Bonchev–Trinajstić information content (AvgIpc) is 2.37. The molecule has 1 aromatic rings. The summed E-state index contributed by atoms with van der Waals surface area (Å²) in [5, 5.41) is 11.2. The van der Waals surface area contributed by atoms with Gasteiger partial charge in [-0.05, 0) is 12.5 Å². The van der Waals surface area contributed by atoms with Crippen molar-refractivity contribution in [1.82, 2.24) is 5.32 Å². The molecular formula is C13H17NO4.